The number of aromatic nitrogens is 1. The first-order valence-corrected chi connectivity index (χ1v) is 8.66. The molecule has 27 heavy (non-hydrogen) atoms. The second-order valence-electron chi connectivity index (χ2n) is 6.16. The zero-order chi connectivity index (χ0) is 18.6. The van der Waals surface area contributed by atoms with Crippen molar-refractivity contribution in [2.75, 3.05) is 0 Å². The first-order valence-electron chi connectivity index (χ1n) is 8.66. The number of aromatic amines is 1. The smallest absolute Gasteiger partial charge is 0.265 e. The molecule has 3 aromatic carbocycles. The fraction of sp³-hybridized carbons (Fsp3) is 0. The molecule has 1 heterocycles. The van der Waals surface area contributed by atoms with Gasteiger partial charge in [-0.15, -0.1) is 0 Å². The predicted molar refractivity (Wildman–Crippen MR) is 107 cm³/mol. The van der Waals surface area contributed by atoms with Crippen LogP contribution in [0, 0.1) is 11.3 Å². The lowest BCUT2D eigenvalue weighted by molar-refractivity contribution is 0.105. The standard InChI is InChI=1S/C24H16N2O/c25-16-20(27)22-21(17-10-4-1-5-11-17)23(18-12-6-2-7-13-18)26-24(22)19-14-8-3-9-15-19/h1-15,26H. The molecule has 1 N–H and O–H groups in total. The van der Waals surface area contributed by atoms with Crippen molar-refractivity contribution in [2.24, 2.45) is 0 Å². The normalized spacial score (nSPS) is 10.3. The number of nitrogens with one attached hydrogen (secondary N) is 1. The summed E-state index contributed by atoms with van der Waals surface area (Å²) >= 11 is 0. The van der Waals surface area contributed by atoms with Crippen LogP contribution in [-0.4, -0.2) is 10.8 Å². The number of hydrogen-bond donors (Lipinski definition) is 1. The van der Waals surface area contributed by atoms with Crippen molar-refractivity contribution in [1.82, 2.24) is 4.98 Å². The van der Waals surface area contributed by atoms with Crippen LogP contribution in [0.25, 0.3) is 33.6 Å². The van der Waals surface area contributed by atoms with Crippen molar-refractivity contribution in [3.63, 3.8) is 0 Å². The molecule has 0 spiro atoms. The van der Waals surface area contributed by atoms with E-state index in [1.807, 2.05) is 97.1 Å². The molecule has 3 heteroatoms. The van der Waals surface area contributed by atoms with Crippen molar-refractivity contribution in [2.45, 2.75) is 0 Å². The lowest BCUT2D eigenvalue weighted by Gasteiger charge is -2.06. The Labute approximate surface area is 157 Å². The van der Waals surface area contributed by atoms with Crippen LogP contribution in [0.1, 0.15) is 10.4 Å². The molecule has 0 amide bonds. The Kier molecular flexibility index (Phi) is 4.38. The third-order valence-corrected chi connectivity index (χ3v) is 4.52. The minimum absolute atomic E-state index is 0.411. The highest BCUT2D eigenvalue weighted by Crippen LogP contribution is 2.40. The van der Waals surface area contributed by atoms with Gasteiger partial charge in [-0.3, -0.25) is 4.79 Å². The van der Waals surface area contributed by atoms with Crippen LogP contribution >= 0.6 is 0 Å². The number of H-pyrrole nitrogens is 1. The van der Waals surface area contributed by atoms with Crippen molar-refractivity contribution in [1.29, 1.82) is 5.26 Å². The van der Waals surface area contributed by atoms with Gasteiger partial charge < -0.3 is 4.98 Å². The van der Waals surface area contributed by atoms with Gasteiger partial charge in [0.05, 0.1) is 17.0 Å². The zero-order valence-electron chi connectivity index (χ0n) is 14.5. The molecule has 0 atom stereocenters. The number of nitriles is 1. The van der Waals surface area contributed by atoms with Crippen LogP contribution in [0.5, 0.6) is 0 Å². The molecule has 0 saturated heterocycles. The molecule has 0 aliphatic heterocycles. The van der Waals surface area contributed by atoms with Gasteiger partial charge in [-0.25, -0.2) is 0 Å². The average Bonchev–Trinajstić information content (AvgIpc) is 3.16. The number of nitrogens with zero attached hydrogens (tertiary/aromatic N) is 1. The van der Waals surface area contributed by atoms with Crippen LogP contribution in [0.15, 0.2) is 91.0 Å². The first-order chi connectivity index (χ1) is 13.3. The van der Waals surface area contributed by atoms with Gasteiger partial charge >= 0.3 is 0 Å². The summed E-state index contributed by atoms with van der Waals surface area (Å²) in [6.45, 7) is 0. The van der Waals surface area contributed by atoms with E-state index >= 15 is 0 Å². The number of carbonyl (C=O) groups is 1. The monoisotopic (exact) mass is 348 g/mol. The summed E-state index contributed by atoms with van der Waals surface area (Å²) in [6.07, 6.45) is 0. The van der Waals surface area contributed by atoms with E-state index in [4.69, 9.17) is 0 Å². The maximum absolute atomic E-state index is 12.7. The lowest BCUT2D eigenvalue weighted by atomic mass is 9.94. The second kappa shape index (κ2) is 7.15. The molecule has 0 radical (unpaired) electrons. The summed E-state index contributed by atoms with van der Waals surface area (Å²) in [5.41, 5.74) is 5.40. The maximum atomic E-state index is 12.7. The number of carbonyl (C=O) groups excluding carboxylic acids is 1. The van der Waals surface area contributed by atoms with Crippen molar-refractivity contribution in [3.8, 4) is 39.7 Å². The summed E-state index contributed by atoms with van der Waals surface area (Å²) in [4.78, 5) is 16.1. The van der Waals surface area contributed by atoms with Crippen LogP contribution in [0.4, 0.5) is 0 Å². The van der Waals surface area contributed by atoms with Gasteiger partial charge in [0.1, 0.15) is 6.07 Å². The predicted octanol–water partition coefficient (Wildman–Crippen LogP) is 5.72. The molecule has 3 nitrogen and oxygen atoms in total. The quantitative estimate of drug-likeness (QED) is 0.379. The van der Waals surface area contributed by atoms with Gasteiger partial charge in [0.2, 0.25) is 0 Å². The zero-order valence-corrected chi connectivity index (χ0v) is 14.5. The molecule has 0 fully saturated rings. The lowest BCUT2D eigenvalue weighted by Crippen LogP contribution is -1.98. The largest absolute Gasteiger partial charge is 0.353 e. The van der Waals surface area contributed by atoms with Crippen molar-refractivity contribution >= 4 is 5.78 Å². The van der Waals surface area contributed by atoms with E-state index < -0.39 is 5.78 Å². The van der Waals surface area contributed by atoms with E-state index in [2.05, 4.69) is 4.98 Å². The summed E-state index contributed by atoms with van der Waals surface area (Å²) in [7, 11) is 0. The molecule has 0 unspecified atom stereocenters. The minimum Gasteiger partial charge on any atom is -0.353 e. The van der Waals surface area contributed by atoms with Crippen LogP contribution in [0.2, 0.25) is 0 Å². The number of benzene rings is 3. The van der Waals surface area contributed by atoms with Crippen LogP contribution in [0.3, 0.4) is 0 Å². The van der Waals surface area contributed by atoms with Crippen molar-refractivity contribution in [3.05, 3.63) is 96.6 Å². The van der Waals surface area contributed by atoms with Crippen LogP contribution in [-0.2, 0) is 0 Å². The Morgan fingerprint density at radius 1 is 0.667 bits per heavy atom. The summed E-state index contributed by atoms with van der Waals surface area (Å²) < 4.78 is 0. The minimum atomic E-state index is -0.550. The fourth-order valence-electron chi connectivity index (χ4n) is 3.32. The van der Waals surface area contributed by atoms with Gasteiger partial charge in [0, 0.05) is 5.56 Å². The third-order valence-electron chi connectivity index (χ3n) is 4.52. The molecule has 1 aromatic heterocycles. The molecule has 4 rings (SSSR count). The van der Waals surface area contributed by atoms with E-state index in [0.29, 0.717) is 11.3 Å². The molecule has 0 bridgehead atoms. The first kappa shape index (κ1) is 16.6. The Hall–Kier alpha value is -3.90. The Morgan fingerprint density at radius 2 is 1.11 bits per heavy atom. The molecule has 128 valence electrons. The Morgan fingerprint density at radius 3 is 1.59 bits per heavy atom. The third kappa shape index (κ3) is 3.05. The van der Waals surface area contributed by atoms with E-state index in [9.17, 15) is 10.1 Å². The van der Waals surface area contributed by atoms with E-state index in [-0.39, 0.29) is 0 Å². The highest BCUT2D eigenvalue weighted by Gasteiger charge is 2.25. The van der Waals surface area contributed by atoms with Crippen molar-refractivity contribution < 1.29 is 4.79 Å². The number of ketones is 1. The molecular weight excluding hydrogens is 332 g/mol. The highest BCUT2D eigenvalue weighted by atomic mass is 16.1. The summed E-state index contributed by atoms with van der Waals surface area (Å²) in [5.74, 6) is -0.550. The highest BCUT2D eigenvalue weighted by molar-refractivity contribution is 6.17. The molecular formula is C24H16N2O. The fourth-order valence-corrected chi connectivity index (χ4v) is 3.32. The Balaban J connectivity index is 2.09. The van der Waals surface area contributed by atoms with Gasteiger partial charge in [-0.1, -0.05) is 91.0 Å². The molecule has 0 aliphatic carbocycles. The van der Waals surface area contributed by atoms with E-state index in [0.717, 1.165) is 27.9 Å². The van der Waals surface area contributed by atoms with Gasteiger partial charge in [-0.2, -0.15) is 5.26 Å². The summed E-state index contributed by atoms with van der Waals surface area (Å²) in [6, 6.07) is 31.0. The number of Topliss-reactive ketones (excluding diaryl/α,β-unsaturated/α-hetero) is 1. The molecule has 4 aromatic rings. The Bertz CT molecular complexity index is 1120. The number of rotatable bonds is 4. The van der Waals surface area contributed by atoms with Gasteiger partial charge in [0.25, 0.3) is 5.78 Å². The maximum Gasteiger partial charge on any atom is 0.265 e. The molecule has 0 aliphatic rings. The van der Waals surface area contributed by atoms with Crippen LogP contribution < -0.4 is 0 Å². The average molecular weight is 348 g/mol. The molecule has 0 saturated carbocycles. The number of hydrogen-bond acceptors (Lipinski definition) is 2. The van der Waals surface area contributed by atoms with Gasteiger partial charge in [-0.05, 0) is 16.7 Å². The van der Waals surface area contributed by atoms with Gasteiger partial charge in [0.15, 0.2) is 0 Å². The topological polar surface area (TPSA) is 56.6 Å². The SMILES string of the molecule is N#CC(=O)c1c(-c2ccccc2)[nH]c(-c2ccccc2)c1-c1ccccc1. The second-order valence-corrected chi connectivity index (χ2v) is 6.16. The van der Waals surface area contributed by atoms with E-state index in [1.165, 1.54) is 0 Å². The van der Waals surface area contributed by atoms with E-state index in [1.54, 1.807) is 0 Å². The summed E-state index contributed by atoms with van der Waals surface area (Å²) in [5, 5.41) is 9.40.